The Morgan fingerprint density at radius 3 is 2.78 bits per heavy atom. The average molecular weight is 476 g/mol. The molecule has 0 saturated carbocycles. The van der Waals surface area contributed by atoms with E-state index in [1.807, 2.05) is 0 Å². The van der Waals surface area contributed by atoms with Crippen LogP contribution in [-0.4, -0.2) is 49.8 Å². The molecule has 2 atom stereocenters. The summed E-state index contributed by atoms with van der Waals surface area (Å²) < 4.78 is 14.2. The molecule has 3 aromatic rings. The lowest BCUT2D eigenvalue weighted by atomic mass is 9.81. The highest BCUT2D eigenvalue weighted by Gasteiger charge is 2.60. The predicted octanol–water partition coefficient (Wildman–Crippen LogP) is 4.96. The fourth-order valence-electron chi connectivity index (χ4n) is 4.97. The number of aromatic nitrogens is 1. The standard InChI is InChI=1S/C23H20Cl2FN3O3/c1-23-11-15-14-9-16(25)17(26)10-18(14)27-19(15)20(12-4-2-5-13(30)8-12)29(23)22(32)28(21(23)31)7-3-6-24/h2,4-5,8-10,20,27,30H,3,6-7,11H2,1H3/t20-,23+/m1/s1. The van der Waals surface area contributed by atoms with E-state index in [2.05, 4.69) is 4.98 Å². The van der Waals surface area contributed by atoms with Crippen molar-refractivity contribution in [3.05, 3.63) is 64.1 Å². The Labute approximate surface area is 193 Å². The second-order valence-corrected chi connectivity index (χ2v) is 9.21. The molecule has 1 aromatic heterocycles. The Balaban J connectivity index is 1.76. The van der Waals surface area contributed by atoms with Crippen molar-refractivity contribution in [1.29, 1.82) is 0 Å². The van der Waals surface area contributed by atoms with E-state index in [9.17, 15) is 19.1 Å². The molecule has 32 heavy (non-hydrogen) atoms. The number of H-pyrrole nitrogens is 1. The van der Waals surface area contributed by atoms with Crippen molar-refractivity contribution in [3.63, 3.8) is 0 Å². The van der Waals surface area contributed by atoms with Crippen LogP contribution in [0.1, 0.15) is 36.2 Å². The number of imide groups is 1. The summed E-state index contributed by atoms with van der Waals surface area (Å²) in [7, 11) is 0. The third kappa shape index (κ3) is 2.91. The van der Waals surface area contributed by atoms with Gasteiger partial charge in [-0.15, -0.1) is 11.6 Å². The van der Waals surface area contributed by atoms with Gasteiger partial charge in [-0.1, -0.05) is 23.7 Å². The van der Waals surface area contributed by atoms with Gasteiger partial charge in [0.05, 0.1) is 5.02 Å². The Kier molecular flexibility index (Phi) is 4.87. The fraction of sp³-hybridized carbons (Fsp3) is 0.304. The number of aromatic amines is 1. The average Bonchev–Trinajstić information content (AvgIpc) is 3.17. The normalized spacial score (nSPS) is 22.6. The van der Waals surface area contributed by atoms with E-state index in [1.165, 1.54) is 17.0 Å². The van der Waals surface area contributed by atoms with Crippen molar-refractivity contribution >= 4 is 46.0 Å². The number of urea groups is 1. The predicted molar refractivity (Wildman–Crippen MR) is 120 cm³/mol. The van der Waals surface area contributed by atoms with Crippen LogP contribution in [0.25, 0.3) is 10.9 Å². The largest absolute Gasteiger partial charge is 0.508 e. The molecule has 0 radical (unpaired) electrons. The van der Waals surface area contributed by atoms with Crippen LogP contribution in [0.4, 0.5) is 9.18 Å². The van der Waals surface area contributed by atoms with E-state index < -0.39 is 23.4 Å². The number of phenols is 1. The van der Waals surface area contributed by atoms with E-state index in [0.29, 0.717) is 34.5 Å². The van der Waals surface area contributed by atoms with Crippen LogP contribution in [-0.2, 0) is 11.2 Å². The van der Waals surface area contributed by atoms with Crippen LogP contribution >= 0.6 is 23.2 Å². The molecular weight excluding hydrogens is 456 g/mol. The number of phenolic OH excluding ortho intramolecular Hbond substituents is 1. The molecule has 6 nitrogen and oxygen atoms in total. The molecule has 0 spiro atoms. The molecule has 3 amide bonds. The van der Waals surface area contributed by atoms with Gasteiger partial charge in [-0.3, -0.25) is 14.6 Å². The van der Waals surface area contributed by atoms with Gasteiger partial charge in [-0.2, -0.15) is 0 Å². The van der Waals surface area contributed by atoms with Crippen LogP contribution in [0.3, 0.4) is 0 Å². The minimum Gasteiger partial charge on any atom is -0.508 e. The zero-order valence-electron chi connectivity index (χ0n) is 17.2. The summed E-state index contributed by atoms with van der Waals surface area (Å²) >= 11 is 11.9. The maximum atomic E-state index is 14.2. The number of aromatic hydroxyl groups is 1. The summed E-state index contributed by atoms with van der Waals surface area (Å²) in [5.41, 5.74) is 1.49. The summed E-state index contributed by atoms with van der Waals surface area (Å²) in [5, 5.41) is 10.8. The summed E-state index contributed by atoms with van der Waals surface area (Å²) in [6, 6.07) is 8.36. The molecular formula is C23H20Cl2FN3O3. The molecule has 2 N–H and O–H groups in total. The maximum Gasteiger partial charge on any atom is 0.328 e. The molecule has 1 fully saturated rings. The minimum atomic E-state index is -1.15. The van der Waals surface area contributed by atoms with Gasteiger partial charge in [-0.25, -0.2) is 9.18 Å². The summed E-state index contributed by atoms with van der Waals surface area (Å²) in [6.07, 6.45) is 0.740. The number of alkyl halides is 1. The molecule has 0 unspecified atom stereocenters. The zero-order valence-corrected chi connectivity index (χ0v) is 18.7. The SMILES string of the molecule is C[C@@]12Cc3c([nH]c4cc(F)c(Cl)cc34)[C@@H](c3cccc(O)c3)N1C(=O)N(CCCCl)C2=O. The van der Waals surface area contributed by atoms with Crippen LogP contribution in [0.2, 0.25) is 5.02 Å². The van der Waals surface area contributed by atoms with Gasteiger partial charge in [0, 0.05) is 35.4 Å². The summed E-state index contributed by atoms with van der Waals surface area (Å²) in [5.74, 6) is -0.486. The first-order chi connectivity index (χ1) is 15.3. The van der Waals surface area contributed by atoms with Crippen molar-refractivity contribution in [2.45, 2.75) is 31.3 Å². The van der Waals surface area contributed by atoms with Gasteiger partial charge in [0.15, 0.2) is 0 Å². The number of benzene rings is 2. The number of carbonyl (C=O) groups excluding carboxylic acids is 2. The van der Waals surface area contributed by atoms with Crippen molar-refractivity contribution in [2.75, 3.05) is 12.4 Å². The Hall–Kier alpha value is -2.77. The first-order valence-electron chi connectivity index (χ1n) is 10.3. The molecule has 5 rings (SSSR count). The summed E-state index contributed by atoms with van der Waals surface area (Å²) in [4.78, 5) is 33.0. The first-order valence-corrected chi connectivity index (χ1v) is 11.2. The number of fused-ring (bicyclic) bond motifs is 4. The van der Waals surface area contributed by atoms with E-state index in [4.69, 9.17) is 23.2 Å². The van der Waals surface area contributed by atoms with Crippen molar-refractivity contribution in [3.8, 4) is 5.75 Å². The molecule has 2 aliphatic heterocycles. The molecule has 9 heteroatoms. The Bertz CT molecular complexity index is 1280. The molecule has 3 heterocycles. The second-order valence-electron chi connectivity index (χ2n) is 8.43. The number of carbonyl (C=O) groups is 2. The summed E-state index contributed by atoms with van der Waals surface area (Å²) in [6.45, 7) is 1.97. The van der Waals surface area contributed by atoms with E-state index in [-0.39, 0.29) is 29.6 Å². The number of hydrogen-bond acceptors (Lipinski definition) is 3. The number of hydrogen-bond donors (Lipinski definition) is 2. The molecule has 2 aliphatic rings. The van der Waals surface area contributed by atoms with Gasteiger partial charge in [0.25, 0.3) is 5.91 Å². The van der Waals surface area contributed by atoms with Crippen molar-refractivity contribution in [2.24, 2.45) is 0 Å². The molecule has 0 aliphatic carbocycles. The van der Waals surface area contributed by atoms with Crippen LogP contribution in [0.15, 0.2) is 36.4 Å². The first kappa shape index (κ1) is 21.1. The Morgan fingerprint density at radius 1 is 1.28 bits per heavy atom. The lowest BCUT2D eigenvalue weighted by Gasteiger charge is -2.42. The fourth-order valence-corrected chi connectivity index (χ4v) is 5.25. The van der Waals surface area contributed by atoms with Gasteiger partial charge >= 0.3 is 6.03 Å². The highest BCUT2D eigenvalue weighted by atomic mass is 35.5. The molecule has 2 aromatic carbocycles. The lowest BCUT2D eigenvalue weighted by molar-refractivity contribution is -0.133. The monoisotopic (exact) mass is 475 g/mol. The van der Waals surface area contributed by atoms with E-state index >= 15 is 0 Å². The van der Waals surface area contributed by atoms with Crippen LogP contribution < -0.4 is 0 Å². The van der Waals surface area contributed by atoms with Crippen molar-refractivity contribution in [1.82, 2.24) is 14.8 Å². The van der Waals surface area contributed by atoms with Gasteiger partial charge < -0.3 is 10.1 Å². The topological polar surface area (TPSA) is 76.6 Å². The highest BCUT2D eigenvalue weighted by Crippen LogP contribution is 2.49. The lowest BCUT2D eigenvalue weighted by Crippen LogP contribution is -2.53. The smallest absolute Gasteiger partial charge is 0.328 e. The van der Waals surface area contributed by atoms with Gasteiger partial charge in [0.1, 0.15) is 23.1 Å². The molecule has 166 valence electrons. The number of nitrogens with one attached hydrogen (secondary N) is 1. The third-order valence-electron chi connectivity index (χ3n) is 6.41. The van der Waals surface area contributed by atoms with Crippen molar-refractivity contribution < 1.29 is 19.1 Å². The highest BCUT2D eigenvalue weighted by molar-refractivity contribution is 6.31. The molecule has 1 saturated heterocycles. The zero-order chi connectivity index (χ0) is 22.8. The molecule has 0 bridgehead atoms. The van der Waals surface area contributed by atoms with Crippen LogP contribution in [0.5, 0.6) is 5.75 Å². The van der Waals surface area contributed by atoms with Gasteiger partial charge in [0.2, 0.25) is 0 Å². The van der Waals surface area contributed by atoms with Crippen LogP contribution in [0, 0.1) is 5.82 Å². The Morgan fingerprint density at radius 2 is 2.06 bits per heavy atom. The maximum absolute atomic E-state index is 14.2. The third-order valence-corrected chi connectivity index (χ3v) is 6.97. The van der Waals surface area contributed by atoms with Gasteiger partial charge in [-0.05, 0) is 48.7 Å². The number of nitrogens with zero attached hydrogens (tertiary/aromatic N) is 2. The number of halogens is 3. The number of rotatable bonds is 4. The van der Waals surface area contributed by atoms with E-state index in [1.54, 1.807) is 36.1 Å². The second kappa shape index (κ2) is 7.39. The number of amides is 3. The quantitative estimate of drug-likeness (QED) is 0.413. The van der Waals surface area contributed by atoms with E-state index in [0.717, 1.165) is 5.56 Å². The minimum absolute atomic E-state index is 0.0154.